The minimum atomic E-state index is -4.28. The highest BCUT2D eigenvalue weighted by atomic mass is 79.9. The minimum Gasteiger partial charge on any atom is -0.357 e. The van der Waals surface area contributed by atoms with Crippen molar-refractivity contribution in [3.05, 3.63) is 131 Å². The molecule has 10 heteroatoms. The Morgan fingerprint density at radius 2 is 1.46 bits per heavy atom. The third-order valence-electron chi connectivity index (χ3n) is 6.48. The first-order valence-electron chi connectivity index (χ1n) is 12.8. The first kappa shape index (κ1) is 30.0. The monoisotopic (exact) mass is 637 g/mol. The predicted molar refractivity (Wildman–Crippen MR) is 160 cm³/mol. The number of carbonyl (C=O) groups excluding carboxylic acids is 2. The number of halogens is 2. The maximum Gasteiger partial charge on any atom is 0.264 e. The van der Waals surface area contributed by atoms with Crippen LogP contribution in [0.4, 0.5) is 10.1 Å². The predicted octanol–water partition coefficient (Wildman–Crippen LogP) is 5.17. The van der Waals surface area contributed by atoms with Gasteiger partial charge in [0.1, 0.15) is 18.4 Å². The summed E-state index contributed by atoms with van der Waals surface area (Å²) in [7, 11) is -2.78. The SMILES string of the molecule is CNC(=O)[C@@H](Cc1ccccc1)N(Cc1cccc(Br)c1)C(=O)CN(c1ccccc1)S(=O)(=O)c1ccc(F)cc1. The van der Waals surface area contributed by atoms with Gasteiger partial charge in [-0.1, -0.05) is 76.6 Å². The number of benzene rings is 4. The number of nitrogens with one attached hydrogen (secondary N) is 1. The van der Waals surface area contributed by atoms with Crippen molar-refractivity contribution in [1.82, 2.24) is 10.2 Å². The molecule has 0 saturated carbocycles. The molecule has 0 saturated heterocycles. The summed E-state index contributed by atoms with van der Waals surface area (Å²) < 4.78 is 43.0. The van der Waals surface area contributed by atoms with Crippen LogP contribution in [0.2, 0.25) is 0 Å². The average Bonchev–Trinajstić information content (AvgIpc) is 2.98. The summed E-state index contributed by atoms with van der Waals surface area (Å²) in [6.07, 6.45) is 0.219. The van der Waals surface area contributed by atoms with Crippen molar-refractivity contribution >= 4 is 43.5 Å². The molecule has 0 aliphatic carbocycles. The average molecular weight is 639 g/mol. The lowest BCUT2D eigenvalue weighted by atomic mass is 10.0. The van der Waals surface area contributed by atoms with Gasteiger partial charge in [-0.25, -0.2) is 12.8 Å². The van der Waals surface area contributed by atoms with Gasteiger partial charge in [0.2, 0.25) is 11.8 Å². The molecule has 4 aromatic rings. The van der Waals surface area contributed by atoms with Crippen LogP contribution in [-0.4, -0.2) is 44.8 Å². The zero-order valence-electron chi connectivity index (χ0n) is 22.3. The molecule has 212 valence electrons. The molecule has 0 heterocycles. The molecule has 0 aliphatic rings. The third kappa shape index (κ3) is 7.59. The molecule has 0 bridgehead atoms. The largest absolute Gasteiger partial charge is 0.357 e. The molecule has 0 spiro atoms. The molecule has 41 heavy (non-hydrogen) atoms. The molecule has 0 unspecified atom stereocenters. The van der Waals surface area contributed by atoms with E-state index in [1.54, 1.807) is 30.3 Å². The number of anilines is 1. The number of nitrogens with zero attached hydrogens (tertiary/aromatic N) is 2. The Hall–Kier alpha value is -4.02. The van der Waals surface area contributed by atoms with Crippen molar-refractivity contribution in [2.75, 3.05) is 17.9 Å². The lowest BCUT2D eigenvalue weighted by molar-refractivity contribution is -0.139. The highest BCUT2D eigenvalue weighted by Gasteiger charge is 2.34. The Labute approximate surface area is 247 Å². The summed E-state index contributed by atoms with van der Waals surface area (Å²) in [5, 5.41) is 2.65. The molecular formula is C31H29BrFN3O4S. The van der Waals surface area contributed by atoms with E-state index in [0.717, 1.165) is 44.2 Å². The molecule has 0 aliphatic heterocycles. The zero-order valence-corrected chi connectivity index (χ0v) is 24.7. The fourth-order valence-electron chi connectivity index (χ4n) is 4.41. The summed E-state index contributed by atoms with van der Waals surface area (Å²) in [5.74, 6) is -1.55. The molecule has 4 rings (SSSR count). The normalized spacial score (nSPS) is 11.9. The molecule has 4 aromatic carbocycles. The Morgan fingerprint density at radius 3 is 2.07 bits per heavy atom. The van der Waals surface area contributed by atoms with Crippen LogP contribution in [-0.2, 0) is 32.6 Å². The van der Waals surface area contributed by atoms with Crippen LogP contribution in [0.15, 0.2) is 119 Å². The van der Waals surface area contributed by atoms with Crippen molar-refractivity contribution in [3.63, 3.8) is 0 Å². The van der Waals surface area contributed by atoms with Crippen LogP contribution in [0.25, 0.3) is 0 Å². The molecular weight excluding hydrogens is 609 g/mol. The van der Waals surface area contributed by atoms with Crippen LogP contribution in [0.5, 0.6) is 0 Å². The zero-order chi connectivity index (χ0) is 29.4. The van der Waals surface area contributed by atoms with Gasteiger partial charge in [0.25, 0.3) is 10.0 Å². The fraction of sp³-hybridized carbons (Fsp3) is 0.161. The number of hydrogen-bond acceptors (Lipinski definition) is 4. The van der Waals surface area contributed by atoms with E-state index in [2.05, 4.69) is 21.2 Å². The van der Waals surface area contributed by atoms with E-state index in [9.17, 15) is 22.4 Å². The molecule has 0 fully saturated rings. The number of para-hydroxylation sites is 1. The highest BCUT2D eigenvalue weighted by Crippen LogP contribution is 2.25. The molecule has 7 nitrogen and oxygen atoms in total. The maximum atomic E-state index is 14.2. The smallest absolute Gasteiger partial charge is 0.264 e. The summed E-state index contributed by atoms with van der Waals surface area (Å²) in [4.78, 5) is 28.7. The second-order valence-corrected chi connectivity index (χ2v) is 12.1. The Morgan fingerprint density at radius 1 is 0.854 bits per heavy atom. The van der Waals surface area contributed by atoms with Gasteiger partial charge in [-0.3, -0.25) is 13.9 Å². The van der Waals surface area contributed by atoms with Gasteiger partial charge in [-0.2, -0.15) is 0 Å². The van der Waals surface area contributed by atoms with Crippen molar-refractivity contribution in [3.8, 4) is 0 Å². The van der Waals surface area contributed by atoms with Crippen molar-refractivity contribution in [2.45, 2.75) is 23.9 Å². The second-order valence-electron chi connectivity index (χ2n) is 9.27. The Kier molecular flexibility index (Phi) is 9.91. The van der Waals surface area contributed by atoms with E-state index < -0.39 is 34.3 Å². The van der Waals surface area contributed by atoms with E-state index >= 15 is 0 Å². The number of amides is 2. The fourth-order valence-corrected chi connectivity index (χ4v) is 6.27. The van der Waals surface area contributed by atoms with Crippen molar-refractivity contribution < 1.29 is 22.4 Å². The van der Waals surface area contributed by atoms with Crippen LogP contribution in [0.3, 0.4) is 0 Å². The van der Waals surface area contributed by atoms with Gasteiger partial charge in [-0.15, -0.1) is 0 Å². The van der Waals surface area contributed by atoms with Gasteiger partial charge in [0, 0.05) is 24.5 Å². The van der Waals surface area contributed by atoms with E-state index in [-0.39, 0.29) is 29.5 Å². The lowest BCUT2D eigenvalue weighted by Gasteiger charge is -2.33. The van der Waals surface area contributed by atoms with Gasteiger partial charge in [-0.05, 0) is 59.7 Å². The van der Waals surface area contributed by atoms with Crippen LogP contribution in [0, 0.1) is 5.82 Å². The number of sulfonamides is 1. The maximum absolute atomic E-state index is 14.2. The van der Waals surface area contributed by atoms with Gasteiger partial charge < -0.3 is 10.2 Å². The molecule has 2 amide bonds. The van der Waals surface area contributed by atoms with Crippen molar-refractivity contribution in [1.29, 1.82) is 0 Å². The second kappa shape index (κ2) is 13.6. The number of likely N-dealkylation sites (N-methyl/N-ethyl adjacent to an activating group) is 1. The Balaban J connectivity index is 1.77. The number of rotatable bonds is 11. The van der Waals surface area contributed by atoms with Gasteiger partial charge in [0.15, 0.2) is 0 Å². The quantitative estimate of drug-likeness (QED) is 0.246. The minimum absolute atomic E-state index is 0.0580. The van der Waals surface area contributed by atoms with Crippen LogP contribution >= 0.6 is 15.9 Å². The topological polar surface area (TPSA) is 86.8 Å². The molecule has 1 atom stereocenters. The first-order chi connectivity index (χ1) is 19.7. The Bertz CT molecular complexity index is 1590. The third-order valence-corrected chi connectivity index (χ3v) is 8.77. The lowest BCUT2D eigenvalue weighted by Crippen LogP contribution is -2.53. The van der Waals surface area contributed by atoms with E-state index in [1.807, 2.05) is 54.6 Å². The van der Waals surface area contributed by atoms with Crippen LogP contribution < -0.4 is 9.62 Å². The summed E-state index contributed by atoms with van der Waals surface area (Å²) in [6.45, 7) is -0.525. The standard InChI is InChI=1S/C31H29BrFN3O4S/c1-34-31(38)29(20-23-9-4-2-5-10-23)35(21-24-11-8-12-25(32)19-24)30(37)22-36(27-13-6-3-7-14-27)41(39,40)28-17-15-26(33)16-18-28/h2-19,29H,20-22H2,1H3,(H,34,38)/t29-/m1/s1. The summed E-state index contributed by atoms with van der Waals surface area (Å²) >= 11 is 3.45. The number of hydrogen-bond donors (Lipinski definition) is 1. The first-order valence-corrected chi connectivity index (χ1v) is 15.0. The van der Waals surface area contributed by atoms with E-state index in [4.69, 9.17) is 0 Å². The molecule has 0 radical (unpaired) electrons. The van der Waals surface area contributed by atoms with E-state index in [1.165, 1.54) is 11.9 Å². The summed E-state index contributed by atoms with van der Waals surface area (Å²) in [5.41, 5.74) is 1.85. The van der Waals surface area contributed by atoms with E-state index in [0.29, 0.717) is 0 Å². The molecule has 1 N–H and O–H groups in total. The molecule has 0 aromatic heterocycles. The van der Waals surface area contributed by atoms with Gasteiger partial charge in [0.05, 0.1) is 10.6 Å². The summed E-state index contributed by atoms with van der Waals surface area (Å²) in [6, 6.07) is 28.4. The van der Waals surface area contributed by atoms with Crippen LogP contribution in [0.1, 0.15) is 11.1 Å². The van der Waals surface area contributed by atoms with Gasteiger partial charge >= 0.3 is 0 Å². The van der Waals surface area contributed by atoms with Crippen molar-refractivity contribution in [2.24, 2.45) is 0 Å². The highest BCUT2D eigenvalue weighted by molar-refractivity contribution is 9.10. The number of carbonyl (C=O) groups is 2.